The topological polar surface area (TPSA) is 61.0 Å². The van der Waals surface area contributed by atoms with Gasteiger partial charge in [-0.3, -0.25) is 0 Å². The lowest BCUT2D eigenvalue weighted by atomic mass is 9.96. The minimum atomic E-state index is 0.444. The summed E-state index contributed by atoms with van der Waals surface area (Å²) in [5, 5.41) is 0. The Bertz CT molecular complexity index is 350. The van der Waals surface area contributed by atoms with Gasteiger partial charge in [0.05, 0.1) is 0 Å². The van der Waals surface area contributed by atoms with Crippen LogP contribution in [0.3, 0.4) is 0 Å². The lowest BCUT2D eigenvalue weighted by molar-refractivity contribution is 0.0844. The molecule has 1 atom stereocenters. The van der Waals surface area contributed by atoms with Gasteiger partial charge in [0.15, 0.2) is 0 Å². The smallest absolute Gasteiger partial charge is 0.128 e. The molecule has 4 heteroatoms. The fraction of sp³-hybridized carbons (Fsp3) is 0.692. The van der Waals surface area contributed by atoms with Gasteiger partial charge in [-0.15, -0.1) is 0 Å². The molecule has 0 bridgehead atoms. The Hall–Kier alpha value is -1.00. The number of hydrogen-bond acceptors (Lipinski definition) is 4. The molecule has 2 heterocycles. The first-order valence-electron chi connectivity index (χ1n) is 6.39. The third-order valence-corrected chi connectivity index (χ3v) is 3.30. The van der Waals surface area contributed by atoms with Gasteiger partial charge in [-0.1, -0.05) is 6.92 Å². The molecule has 0 saturated carbocycles. The molecular weight excluding hydrogens is 214 g/mol. The summed E-state index contributed by atoms with van der Waals surface area (Å²) in [6.45, 7) is 4.52. The third kappa shape index (κ3) is 3.48. The van der Waals surface area contributed by atoms with Crippen molar-refractivity contribution < 1.29 is 4.74 Å². The van der Waals surface area contributed by atoms with Crippen molar-refractivity contribution in [1.82, 2.24) is 9.97 Å². The molecule has 1 saturated heterocycles. The summed E-state index contributed by atoms with van der Waals surface area (Å²) < 4.78 is 5.37. The first-order valence-corrected chi connectivity index (χ1v) is 6.39. The lowest BCUT2D eigenvalue weighted by Gasteiger charge is -2.21. The molecule has 4 nitrogen and oxygen atoms in total. The zero-order valence-electron chi connectivity index (χ0n) is 10.4. The van der Waals surface area contributed by atoms with E-state index < -0.39 is 0 Å². The van der Waals surface area contributed by atoms with Crippen LogP contribution in [0, 0.1) is 5.92 Å². The maximum Gasteiger partial charge on any atom is 0.128 e. The molecule has 2 N–H and O–H groups in total. The second kappa shape index (κ2) is 6.07. The van der Waals surface area contributed by atoms with Crippen LogP contribution in [-0.2, 0) is 11.2 Å². The van der Waals surface area contributed by atoms with Crippen molar-refractivity contribution in [1.29, 1.82) is 0 Å². The number of nitrogens with two attached hydrogens (primary N) is 1. The van der Waals surface area contributed by atoms with Crippen molar-refractivity contribution in [2.24, 2.45) is 11.7 Å². The highest BCUT2D eigenvalue weighted by molar-refractivity contribution is 5.09. The normalized spacial score (nSPS) is 19.2. The second-order valence-corrected chi connectivity index (χ2v) is 4.83. The van der Waals surface area contributed by atoms with E-state index in [9.17, 15) is 0 Å². The number of rotatable bonds is 4. The molecule has 1 fully saturated rings. The second-order valence-electron chi connectivity index (χ2n) is 4.83. The zero-order valence-corrected chi connectivity index (χ0v) is 10.4. The lowest BCUT2D eigenvalue weighted by Crippen LogP contribution is -2.18. The van der Waals surface area contributed by atoms with Crippen molar-refractivity contribution in [2.45, 2.75) is 32.1 Å². The molecule has 1 unspecified atom stereocenters. The van der Waals surface area contributed by atoms with E-state index in [0.29, 0.717) is 18.4 Å². The average molecular weight is 235 g/mol. The van der Waals surface area contributed by atoms with E-state index in [-0.39, 0.29) is 0 Å². The molecule has 2 rings (SSSR count). The van der Waals surface area contributed by atoms with Crippen LogP contribution in [0.5, 0.6) is 0 Å². The van der Waals surface area contributed by atoms with E-state index >= 15 is 0 Å². The highest BCUT2D eigenvalue weighted by Gasteiger charge is 2.17. The Labute approximate surface area is 103 Å². The summed E-state index contributed by atoms with van der Waals surface area (Å²) in [5.41, 5.74) is 6.80. The minimum absolute atomic E-state index is 0.444. The van der Waals surface area contributed by atoms with Crippen LogP contribution in [0.1, 0.15) is 37.2 Å². The number of ether oxygens (including phenoxy) is 1. The van der Waals surface area contributed by atoms with Gasteiger partial charge in [-0.2, -0.15) is 0 Å². The summed E-state index contributed by atoms with van der Waals surface area (Å²) >= 11 is 0. The molecule has 17 heavy (non-hydrogen) atoms. The summed E-state index contributed by atoms with van der Waals surface area (Å²) in [6.07, 6.45) is 4.88. The predicted octanol–water partition coefficient (Wildman–Crippen LogP) is 1.51. The van der Waals surface area contributed by atoms with Crippen LogP contribution in [0.15, 0.2) is 12.3 Å². The molecule has 0 amide bonds. The first kappa shape index (κ1) is 12.5. The van der Waals surface area contributed by atoms with Crippen LogP contribution in [0.4, 0.5) is 0 Å². The van der Waals surface area contributed by atoms with Crippen molar-refractivity contribution in [3.63, 3.8) is 0 Å². The molecule has 1 aliphatic heterocycles. The molecule has 1 aliphatic rings. The molecule has 1 aromatic heterocycles. The van der Waals surface area contributed by atoms with Gasteiger partial charge >= 0.3 is 0 Å². The summed E-state index contributed by atoms with van der Waals surface area (Å²) in [4.78, 5) is 8.99. The Balaban J connectivity index is 2.05. The van der Waals surface area contributed by atoms with Gasteiger partial charge in [-0.05, 0) is 31.4 Å². The Morgan fingerprint density at radius 2 is 2.24 bits per heavy atom. The Morgan fingerprint density at radius 3 is 2.94 bits per heavy atom. The highest BCUT2D eigenvalue weighted by atomic mass is 16.5. The van der Waals surface area contributed by atoms with Crippen LogP contribution in [-0.4, -0.2) is 29.7 Å². The van der Waals surface area contributed by atoms with Gasteiger partial charge in [0.1, 0.15) is 5.82 Å². The van der Waals surface area contributed by atoms with Crippen molar-refractivity contribution >= 4 is 0 Å². The van der Waals surface area contributed by atoms with Crippen LogP contribution in [0.25, 0.3) is 0 Å². The van der Waals surface area contributed by atoms with E-state index in [4.69, 9.17) is 10.5 Å². The van der Waals surface area contributed by atoms with E-state index in [2.05, 4.69) is 16.9 Å². The van der Waals surface area contributed by atoms with Crippen LogP contribution in [0.2, 0.25) is 0 Å². The van der Waals surface area contributed by atoms with Gasteiger partial charge < -0.3 is 10.5 Å². The monoisotopic (exact) mass is 235 g/mol. The van der Waals surface area contributed by atoms with Gasteiger partial charge in [0, 0.05) is 37.4 Å². The predicted molar refractivity (Wildman–Crippen MR) is 66.7 cm³/mol. The number of nitrogens with zero attached hydrogens (tertiary/aromatic N) is 2. The number of aromatic nitrogens is 2. The molecule has 0 aliphatic carbocycles. The summed E-state index contributed by atoms with van der Waals surface area (Å²) in [7, 11) is 0. The van der Waals surface area contributed by atoms with Crippen molar-refractivity contribution in [3.8, 4) is 0 Å². The molecule has 1 aromatic rings. The molecule has 0 spiro atoms. The summed E-state index contributed by atoms with van der Waals surface area (Å²) in [6, 6.07) is 2.03. The minimum Gasteiger partial charge on any atom is -0.381 e. The average Bonchev–Trinajstić information content (AvgIpc) is 2.40. The van der Waals surface area contributed by atoms with Crippen molar-refractivity contribution in [2.75, 3.05) is 19.8 Å². The quantitative estimate of drug-likeness (QED) is 0.859. The third-order valence-electron chi connectivity index (χ3n) is 3.30. The molecule has 0 aromatic carbocycles. The Kier molecular flexibility index (Phi) is 4.45. The maximum absolute atomic E-state index is 5.63. The summed E-state index contributed by atoms with van der Waals surface area (Å²) in [5.74, 6) is 1.91. The SMILES string of the molecule is CC(CN)Cc1nccc(C2CCOCC2)n1. The Morgan fingerprint density at radius 1 is 1.47 bits per heavy atom. The van der Waals surface area contributed by atoms with Crippen molar-refractivity contribution in [3.05, 3.63) is 23.8 Å². The zero-order chi connectivity index (χ0) is 12.1. The van der Waals surface area contributed by atoms with E-state index in [1.807, 2.05) is 12.3 Å². The fourth-order valence-corrected chi connectivity index (χ4v) is 2.13. The highest BCUT2D eigenvalue weighted by Crippen LogP contribution is 2.25. The first-order chi connectivity index (χ1) is 8.29. The van der Waals surface area contributed by atoms with Crippen LogP contribution < -0.4 is 5.73 Å². The fourth-order valence-electron chi connectivity index (χ4n) is 2.13. The molecular formula is C13H21N3O. The molecule has 94 valence electrons. The van der Waals surface area contributed by atoms with Gasteiger partial charge in [0.25, 0.3) is 0 Å². The van der Waals surface area contributed by atoms with E-state index in [0.717, 1.165) is 38.3 Å². The maximum atomic E-state index is 5.63. The largest absolute Gasteiger partial charge is 0.381 e. The van der Waals surface area contributed by atoms with Gasteiger partial charge in [-0.25, -0.2) is 9.97 Å². The van der Waals surface area contributed by atoms with Gasteiger partial charge in [0.2, 0.25) is 0 Å². The van der Waals surface area contributed by atoms with Crippen LogP contribution >= 0.6 is 0 Å². The van der Waals surface area contributed by atoms with E-state index in [1.54, 1.807) is 0 Å². The number of hydrogen-bond donors (Lipinski definition) is 1. The standard InChI is InChI=1S/C13H21N3O/c1-10(9-14)8-13-15-5-2-12(16-13)11-3-6-17-7-4-11/h2,5,10-11H,3-4,6-9,14H2,1H3. The van der Waals surface area contributed by atoms with E-state index in [1.165, 1.54) is 5.69 Å². The molecule has 0 radical (unpaired) electrons.